The Labute approximate surface area is 219 Å². The Balaban J connectivity index is 1.61. The van der Waals surface area contributed by atoms with Gasteiger partial charge >= 0.3 is 6.09 Å². The maximum Gasteiger partial charge on any atom is 0.410 e. The number of nitrogens with one attached hydrogen (secondary N) is 2. The number of aryl methyl sites for hydroxylation is 4. The Morgan fingerprint density at radius 2 is 1.81 bits per heavy atom. The zero-order valence-electron chi connectivity index (χ0n) is 23.1. The maximum absolute atomic E-state index is 13.4. The minimum atomic E-state index is -0.618. The van der Waals surface area contributed by atoms with Gasteiger partial charge in [0.05, 0.1) is 17.1 Å². The molecular formula is C29H39N5O3. The van der Waals surface area contributed by atoms with Gasteiger partial charge in [-0.1, -0.05) is 18.2 Å². The van der Waals surface area contributed by atoms with E-state index in [-0.39, 0.29) is 5.91 Å². The second kappa shape index (κ2) is 10.4. The van der Waals surface area contributed by atoms with Gasteiger partial charge in [-0.3, -0.25) is 9.69 Å². The van der Waals surface area contributed by atoms with E-state index in [9.17, 15) is 9.59 Å². The van der Waals surface area contributed by atoms with E-state index in [2.05, 4.69) is 42.7 Å². The van der Waals surface area contributed by atoms with Gasteiger partial charge in [-0.2, -0.15) is 0 Å². The number of piperidine rings is 1. The topological polar surface area (TPSA) is 88.0 Å². The number of aromatic nitrogens is 2. The Bertz CT molecular complexity index is 1300. The summed E-state index contributed by atoms with van der Waals surface area (Å²) in [5, 5.41) is 6.63. The number of carbonyl (C=O) groups excluding carboxylic acids is 2. The number of nitrogens with zero attached hydrogens (tertiary/aromatic N) is 3. The Morgan fingerprint density at radius 3 is 2.49 bits per heavy atom. The third kappa shape index (κ3) is 5.89. The van der Waals surface area contributed by atoms with Crippen molar-refractivity contribution in [3.63, 3.8) is 0 Å². The predicted molar refractivity (Wildman–Crippen MR) is 147 cm³/mol. The lowest BCUT2D eigenvalue weighted by molar-refractivity contribution is -0.122. The number of carbonyl (C=O) groups is 2. The van der Waals surface area contributed by atoms with Gasteiger partial charge in [-0.25, -0.2) is 9.78 Å². The summed E-state index contributed by atoms with van der Waals surface area (Å²) in [6.07, 6.45) is 3.80. The highest BCUT2D eigenvalue weighted by Gasteiger charge is 2.35. The average molecular weight is 506 g/mol. The number of hydrogen-bond donors (Lipinski definition) is 2. The van der Waals surface area contributed by atoms with Crippen molar-refractivity contribution in [2.75, 3.05) is 17.2 Å². The first-order valence-electron chi connectivity index (χ1n) is 13.0. The quantitative estimate of drug-likeness (QED) is 0.450. The van der Waals surface area contributed by atoms with E-state index in [0.717, 1.165) is 35.6 Å². The lowest BCUT2D eigenvalue weighted by Gasteiger charge is -2.35. The van der Waals surface area contributed by atoms with Crippen LogP contribution < -0.4 is 10.6 Å². The first-order valence-corrected chi connectivity index (χ1v) is 13.0. The van der Waals surface area contributed by atoms with E-state index in [0.29, 0.717) is 25.2 Å². The van der Waals surface area contributed by atoms with Crippen LogP contribution >= 0.6 is 0 Å². The number of anilines is 2. The van der Waals surface area contributed by atoms with Crippen molar-refractivity contribution >= 4 is 29.0 Å². The van der Waals surface area contributed by atoms with Gasteiger partial charge in [0.25, 0.3) is 0 Å². The SMILES string of the molecule is Cc1cccc(C)c1CNc1cc(NC(=O)[C@H]2CCCCN2C(=O)OC(C)(C)C)cn2c(C)c(C)nc12. The highest BCUT2D eigenvalue weighted by Crippen LogP contribution is 2.27. The molecule has 2 amide bonds. The first kappa shape index (κ1) is 26.5. The smallest absolute Gasteiger partial charge is 0.410 e. The van der Waals surface area contributed by atoms with Gasteiger partial charge in [0, 0.05) is 25.0 Å². The number of pyridine rings is 1. The molecule has 1 aliphatic heterocycles. The average Bonchev–Trinajstić information content (AvgIpc) is 3.11. The molecular weight excluding hydrogens is 466 g/mol. The molecule has 2 N–H and O–H groups in total. The molecule has 198 valence electrons. The van der Waals surface area contributed by atoms with E-state index < -0.39 is 17.7 Å². The van der Waals surface area contributed by atoms with Gasteiger partial charge in [0.15, 0.2) is 5.65 Å². The van der Waals surface area contributed by atoms with E-state index in [4.69, 9.17) is 9.72 Å². The summed E-state index contributed by atoms with van der Waals surface area (Å²) in [5.74, 6) is -0.208. The maximum atomic E-state index is 13.4. The molecule has 8 nitrogen and oxygen atoms in total. The summed E-state index contributed by atoms with van der Waals surface area (Å²) in [5.41, 5.74) is 7.31. The van der Waals surface area contributed by atoms with Crippen LogP contribution in [0.5, 0.6) is 0 Å². The summed E-state index contributed by atoms with van der Waals surface area (Å²) in [7, 11) is 0. The lowest BCUT2D eigenvalue weighted by atomic mass is 10.0. The number of fused-ring (bicyclic) bond motifs is 1. The van der Waals surface area contributed by atoms with Crippen molar-refractivity contribution < 1.29 is 14.3 Å². The summed E-state index contributed by atoms with van der Waals surface area (Å²) in [6.45, 7) is 14.9. The van der Waals surface area contributed by atoms with Crippen molar-refractivity contribution in [2.24, 2.45) is 0 Å². The van der Waals surface area contributed by atoms with Crippen LogP contribution in [0.3, 0.4) is 0 Å². The van der Waals surface area contributed by atoms with Crippen LogP contribution in [0.15, 0.2) is 30.5 Å². The van der Waals surface area contributed by atoms with Crippen LogP contribution in [0.2, 0.25) is 0 Å². The highest BCUT2D eigenvalue weighted by atomic mass is 16.6. The standard InChI is InChI=1S/C29H39N5O3/c1-18-11-10-12-19(2)23(18)16-30-24-15-22(17-34-21(4)20(3)31-26(24)34)32-27(35)25-13-8-9-14-33(25)28(36)37-29(5,6)7/h10-12,15,17,25,30H,8-9,13-14,16H2,1-7H3,(H,32,35)/t25-/m1/s1. The van der Waals surface area contributed by atoms with Crippen molar-refractivity contribution in [2.45, 2.75) is 85.9 Å². The summed E-state index contributed by atoms with van der Waals surface area (Å²) >= 11 is 0. The molecule has 2 aromatic heterocycles. The molecule has 3 aromatic rings. The third-order valence-electron chi connectivity index (χ3n) is 7.00. The number of imidazole rings is 1. The largest absolute Gasteiger partial charge is 0.444 e. The molecule has 1 saturated heterocycles. The Kier molecular flexibility index (Phi) is 7.48. The molecule has 0 bridgehead atoms. The number of likely N-dealkylation sites (tertiary alicyclic amines) is 1. The molecule has 0 spiro atoms. The second-order valence-electron chi connectivity index (χ2n) is 11.0. The molecule has 1 atom stereocenters. The zero-order valence-corrected chi connectivity index (χ0v) is 23.1. The molecule has 3 heterocycles. The van der Waals surface area contributed by atoms with E-state index in [1.807, 2.05) is 51.3 Å². The predicted octanol–water partition coefficient (Wildman–Crippen LogP) is 5.91. The zero-order chi connectivity index (χ0) is 26.9. The van der Waals surface area contributed by atoms with E-state index in [1.54, 1.807) is 4.90 Å². The molecule has 4 rings (SSSR count). The molecule has 1 aromatic carbocycles. The highest BCUT2D eigenvalue weighted by molar-refractivity contribution is 5.97. The molecule has 8 heteroatoms. The van der Waals surface area contributed by atoms with E-state index in [1.165, 1.54) is 16.7 Å². The third-order valence-corrected chi connectivity index (χ3v) is 7.00. The number of amides is 2. The fraction of sp³-hybridized carbons (Fsp3) is 0.483. The fourth-order valence-electron chi connectivity index (χ4n) is 4.85. The molecule has 0 aliphatic carbocycles. The molecule has 1 fully saturated rings. The van der Waals surface area contributed by atoms with Crippen LogP contribution in [0.1, 0.15) is 68.1 Å². The normalized spacial score (nSPS) is 16.1. The van der Waals surface area contributed by atoms with Crippen molar-refractivity contribution in [3.05, 3.63) is 58.5 Å². The molecule has 1 aliphatic rings. The molecule has 37 heavy (non-hydrogen) atoms. The monoisotopic (exact) mass is 505 g/mol. The van der Waals surface area contributed by atoms with E-state index >= 15 is 0 Å². The van der Waals surface area contributed by atoms with Crippen LogP contribution in [0.4, 0.5) is 16.2 Å². The second-order valence-corrected chi connectivity index (χ2v) is 11.0. The van der Waals surface area contributed by atoms with Gasteiger partial charge in [-0.15, -0.1) is 0 Å². The van der Waals surface area contributed by atoms with Gasteiger partial charge in [0.2, 0.25) is 5.91 Å². The summed E-state index contributed by atoms with van der Waals surface area (Å²) in [6, 6.07) is 7.64. The van der Waals surface area contributed by atoms with Crippen molar-refractivity contribution in [1.82, 2.24) is 14.3 Å². The minimum Gasteiger partial charge on any atom is -0.444 e. The lowest BCUT2D eigenvalue weighted by Crippen LogP contribution is -2.51. The van der Waals surface area contributed by atoms with Crippen LogP contribution in [0.25, 0.3) is 5.65 Å². The van der Waals surface area contributed by atoms with Crippen LogP contribution in [0, 0.1) is 27.7 Å². The minimum absolute atomic E-state index is 0.208. The van der Waals surface area contributed by atoms with Crippen molar-refractivity contribution in [1.29, 1.82) is 0 Å². The van der Waals surface area contributed by atoms with Crippen LogP contribution in [-0.2, 0) is 16.1 Å². The number of ether oxygens (including phenoxy) is 1. The number of hydrogen-bond acceptors (Lipinski definition) is 5. The fourth-order valence-corrected chi connectivity index (χ4v) is 4.85. The number of benzene rings is 1. The van der Waals surface area contributed by atoms with Crippen molar-refractivity contribution in [3.8, 4) is 0 Å². The van der Waals surface area contributed by atoms with Crippen LogP contribution in [-0.4, -0.2) is 44.5 Å². The first-order chi connectivity index (χ1) is 17.4. The Hall–Kier alpha value is -3.55. The molecule has 0 radical (unpaired) electrons. The molecule has 0 saturated carbocycles. The van der Waals surface area contributed by atoms with Gasteiger partial charge < -0.3 is 19.8 Å². The number of rotatable bonds is 5. The summed E-state index contributed by atoms with van der Waals surface area (Å²) in [4.78, 5) is 32.6. The Morgan fingerprint density at radius 1 is 1.11 bits per heavy atom. The summed E-state index contributed by atoms with van der Waals surface area (Å²) < 4.78 is 7.59. The van der Waals surface area contributed by atoms with Gasteiger partial charge in [0.1, 0.15) is 11.6 Å². The van der Waals surface area contributed by atoms with Gasteiger partial charge in [-0.05, 0) is 90.5 Å². The molecule has 0 unspecified atom stereocenters.